The zero-order valence-electron chi connectivity index (χ0n) is 12.7. The van der Waals surface area contributed by atoms with Gasteiger partial charge in [-0.05, 0) is 48.5 Å². The highest BCUT2D eigenvalue weighted by atomic mass is 79.9. The second-order valence-corrected chi connectivity index (χ2v) is 7.27. The summed E-state index contributed by atoms with van der Waals surface area (Å²) in [5, 5.41) is 1.08. The molecule has 4 nitrogen and oxygen atoms in total. The molecule has 1 saturated heterocycles. The molecule has 0 unspecified atom stereocenters. The second-order valence-electron chi connectivity index (χ2n) is 4.93. The van der Waals surface area contributed by atoms with Crippen molar-refractivity contribution >= 4 is 62.1 Å². The van der Waals surface area contributed by atoms with E-state index >= 15 is 0 Å². The topological polar surface area (TPSA) is 45.6 Å². The maximum absolute atomic E-state index is 12.6. The first-order valence-electron chi connectivity index (χ1n) is 7.23. The first kappa shape index (κ1) is 17.2. The number of halogens is 2. The van der Waals surface area contributed by atoms with Gasteiger partial charge in [0.05, 0.1) is 15.6 Å². The summed E-state index contributed by atoms with van der Waals surface area (Å²) < 4.78 is 1.000. The van der Waals surface area contributed by atoms with Gasteiger partial charge >= 0.3 is 0 Å². The number of nitrogens with zero attached hydrogens (tertiary/aromatic N) is 3. The molecule has 1 fully saturated rings. The van der Waals surface area contributed by atoms with Gasteiger partial charge in [0, 0.05) is 23.4 Å². The number of likely N-dealkylation sites (N-methyl/N-ethyl adjacent to an activating group) is 1. The van der Waals surface area contributed by atoms with Crippen LogP contribution in [-0.4, -0.2) is 27.5 Å². The number of hydrogen-bond acceptors (Lipinski definition) is 4. The molecule has 1 aliphatic heterocycles. The Labute approximate surface area is 157 Å². The molecule has 24 heavy (non-hydrogen) atoms. The third-order valence-corrected chi connectivity index (χ3v) is 5.17. The van der Waals surface area contributed by atoms with E-state index in [1.165, 1.54) is 18.0 Å². The number of benzene rings is 1. The minimum absolute atomic E-state index is 0.0469. The van der Waals surface area contributed by atoms with Crippen LogP contribution in [0, 0.1) is 0 Å². The van der Waals surface area contributed by atoms with Crippen LogP contribution in [0.3, 0.4) is 0 Å². The second kappa shape index (κ2) is 7.51. The summed E-state index contributed by atoms with van der Waals surface area (Å²) in [6, 6.07) is 9.52. The number of hydrogen-bond donors (Lipinski definition) is 0. The average Bonchev–Trinajstić information content (AvgIpc) is 2.87. The number of amides is 1. The van der Waals surface area contributed by atoms with E-state index in [-0.39, 0.29) is 5.91 Å². The first-order valence-corrected chi connectivity index (χ1v) is 9.22. The van der Waals surface area contributed by atoms with Crippen LogP contribution < -0.4 is 0 Å². The van der Waals surface area contributed by atoms with Crippen molar-refractivity contribution in [3.63, 3.8) is 0 Å². The Morgan fingerprint density at radius 1 is 1.33 bits per heavy atom. The Morgan fingerprint density at radius 2 is 2.08 bits per heavy atom. The van der Waals surface area contributed by atoms with Crippen molar-refractivity contribution < 1.29 is 4.79 Å². The predicted molar refractivity (Wildman–Crippen MR) is 103 cm³/mol. The molecule has 0 bridgehead atoms. The summed E-state index contributed by atoms with van der Waals surface area (Å²) in [7, 11) is 0. The van der Waals surface area contributed by atoms with Gasteiger partial charge in [0.2, 0.25) is 0 Å². The van der Waals surface area contributed by atoms with Crippen LogP contribution in [0.15, 0.2) is 57.1 Å². The molecule has 3 rings (SSSR count). The van der Waals surface area contributed by atoms with Crippen LogP contribution in [0.25, 0.3) is 6.08 Å². The Hall–Kier alpha value is -1.63. The molecular weight excluding hydrogens is 410 g/mol. The van der Waals surface area contributed by atoms with Crippen molar-refractivity contribution in [3.8, 4) is 0 Å². The molecule has 1 aromatic carbocycles. The number of pyridine rings is 1. The Balaban J connectivity index is 1.94. The number of aliphatic imine (C=N–C) groups is 1. The summed E-state index contributed by atoms with van der Waals surface area (Å²) in [4.78, 5) is 23.4. The van der Waals surface area contributed by atoms with Crippen molar-refractivity contribution in [2.24, 2.45) is 4.99 Å². The average molecular weight is 423 g/mol. The van der Waals surface area contributed by atoms with E-state index in [9.17, 15) is 4.79 Å². The lowest BCUT2D eigenvalue weighted by atomic mass is 10.2. The lowest BCUT2D eigenvalue weighted by Crippen LogP contribution is -2.28. The normalized spacial score (nSPS) is 18.0. The quantitative estimate of drug-likeness (QED) is 0.645. The van der Waals surface area contributed by atoms with E-state index in [1.54, 1.807) is 17.2 Å². The zero-order chi connectivity index (χ0) is 17.1. The lowest BCUT2D eigenvalue weighted by Gasteiger charge is -2.12. The zero-order valence-corrected chi connectivity index (χ0v) is 15.9. The van der Waals surface area contributed by atoms with Gasteiger partial charge in [-0.15, -0.1) is 0 Å². The molecular formula is C17H13BrClN3OS. The summed E-state index contributed by atoms with van der Waals surface area (Å²) in [5.41, 5.74) is 1.57. The van der Waals surface area contributed by atoms with E-state index in [0.29, 0.717) is 27.3 Å². The molecule has 1 amide bonds. The van der Waals surface area contributed by atoms with E-state index in [2.05, 4.69) is 25.9 Å². The van der Waals surface area contributed by atoms with E-state index in [1.807, 2.05) is 37.3 Å². The Morgan fingerprint density at radius 3 is 2.75 bits per heavy atom. The standard InChI is InChI=1S/C17H13BrClN3OS/c1-2-22-16(23)15(9-11-3-5-12(18)6-4-11)24-17(22)21-14-7-8-20-10-13(14)19/h3-10H,2H2,1H3/b15-9-,21-17?. The molecule has 122 valence electrons. The largest absolute Gasteiger partial charge is 0.287 e. The highest BCUT2D eigenvalue weighted by Gasteiger charge is 2.32. The van der Waals surface area contributed by atoms with Crippen molar-refractivity contribution in [1.29, 1.82) is 0 Å². The van der Waals surface area contributed by atoms with Gasteiger partial charge in [-0.3, -0.25) is 14.7 Å². The Bertz CT molecular complexity index is 836. The smallest absolute Gasteiger partial charge is 0.266 e. The minimum atomic E-state index is -0.0469. The van der Waals surface area contributed by atoms with Crippen LogP contribution in [0.1, 0.15) is 12.5 Å². The number of carbonyl (C=O) groups excluding carboxylic acids is 1. The summed E-state index contributed by atoms with van der Waals surface area (Å²) in [6.07, 6.45) is 5.04. The van der Waals surface area contributed by atoms with E-state index < -0.39 is 0 Å². The number of thioether (sulfide) groups is 1. The molecule has 1 aromatic heterocycles. The van der Waals surface area contributed by atoms with Crippen LogP contribution in [0.2, 0.25) is 5.02 Å². The van der Waals surface area contributed by atoms with Crippen LogP contribution in [-0.2, 0) is 4.79 Å². The Kier molecular flexibility index (Phi) is 5.38. The van der Waals surface area contributed by atoms with Crippen molar-refractivity contribution in [2.75, 3.05) is 6.54 Å². The van der Waals surface area contributed by atoms with Gasteiger partial charge in [-0.25, -0.2) is 4.99 Å². The maximum Gasteiger partial charge on any atom is 0.266 e. The molecule has 1 aliphatic rings. The van der Waals surface area contributed by atoms with Gasteiger partial charge in [-0.1, -0.05) is 39.7 Å². The number of rotatable bonds is 3. The fourth-order valence-corrected chi connectivity index (χ4v) is 3.62. The van der Waals surface area contributed by atoms with Crippen LogP contribution >= 0.6 is 39.3 Å². The van der Waals surface area contributed by atoms with Gasteiger partial charge in [-0.2, -0.15) is 0 Å². The molecule has 2 aromatic rings. The van der Waals surface area contributed by atoms with E-state index in [0.717, 1.165) is 10.0 Å². The molecule has 7 heteroatoms. The molecule has 2 heterocycles. The minimum Gasteiger partial charge on any atom is -0.287 e. The summed E-state index contributed by atoms with van der Waals surface area (Å²) in [5.74, 6) is -0.0469. The monoisotopic (exact) mass is 421 g/mol. The molecule has 0 spiro atoms. The summed E-state index contributed by atoms with van der Waals surface area (Å²) >= 11 is 10.9. The third-order valence-electron chi connectivity index (χ3n) is 3.34. The third kappa shape index (κ3) is 3.71. The summed E-state index contributed by atoms with van der Waals surface area (Å²) in [6.45, 7) is 2.47. The van der Waals surface area contributed by atoms with Gasteiger partial charge in [0.15, 0.2) is 5.17 Å². The molecule has 0 aliphatic carbocycles. The van der Waals surface area contributed by atoms with Crippen molar-refractivity contribution in [1.82, 2.24) is 9.88 Å². The van der Waals surface area contributed by atoms with Crippen LogP contribution in [0.4, 0.5) is 5.69 Å². The van der Waals surface area contributed by atoms with Crippen molar-refractivity contribution in [2.45, 2.75) is 6.92 Å². The van der Waals surface area contributed by atoms with Crippen molar-refractivity contribution in [3.05, 3.63) is 62.7 Å². The fourth-order valence-electron chi connectivity index (χ4n) is 2.14. The fraction of sp³-hybridized carbons (Fsp3) is 0.118. The highest BCUT2D eigenvalue weighted by molar-refractivity contribution is 9.10. The highest BCUT2D eigenvalue weighted by Crippen LogP contribution is 2.35. The van der Waals surface area contributed by atoms with Gasteiger partial charge in [0.25, 0.3) is 5.91 Å². The molecule has 0 atom stereocenters. The molecule has 0 radical (unpaired) electrons. The number of aromatic nitrogens is 1. The van der Waals surface area contributed by atoms with E-state index in [4.69, 9.17) is 11.6 Å². The first-order chi connectivity index (χ1) is 11.6. The molecule has 0 N–H and O–H groups in total. The number of carbonyl (C=O) groups is 1. The van der Waals surface area contributed by atoms with Crippen LogP contribution in [0.5, 0.6) is 0 Å². The van der Waals surface area contributed by atoms with Gasteiger partial charge < -0.3 is 0 Å². The lowest BCUT2D eigenvalue weighted by molar-refractivity contribution is -0.122. The predicted octanol–water partition coefficient (Wildman–Crippen LogP) is 5.12. The number of amidine groups is 1. The maximum atomic E-state index is 12.6. The SMILES string of the molecule is CCN1C(=O)/C(=C/c2ccc(Br)cc2)SC1=Nc1ccncc1Cl. The molecule has 0 saturated carbocycles. The van der Waals surface area contributed by atoms with Gasteiger partial charge in [0.1, 0.15) is 0 Å².